The van der Waals surface area contributed by atoms with Gasteiger partial charge in [0, 0.05) is 41.1 Å². The van der Waals surface area contributed by atoms with Crippen LogP contribution in [0.15, 0.2) is 78.9 Å². The summed E-state index contributed by atoms with van der Waals surface area (Å²) in [4.78, 5) is 120. The number of carboxylic acids is 1. The Morgan fingerprint density at radius 3 is 1.85 bits per heavy atom. The van der Waals surface area contributed by atoms with Gasteiger partial charge >= 0.3 is 5.97 Å². The smallest absolute Gasteiger partial charge is 0.330 e. The van der Waals surface area contributed by atoms with Crippen LogP contribution in [0, 0.1) is 5.92 Å². The number of amides is 7. The number of carbonyl (C=O) groups is 8. The molecule has 10 aliphatic rings. The Balaban J connectivity index is 1.05. The number of aliphatic hydroxyl groups is 5. The number of halogens is 2. The lowest BCUT2D eigenvalue weighted by molar-refractivity contribution is -0.324. The molecule has 0 aromatic heterocycles. The molecule has 110 heavy (non-hydrogen) atoms. The molecule has 22 atom stereocenters. The van der Waals surface area contributed by atoms with Crippen molar-refractivity contribution in [2.24, 2.45) is 23.1 Å². The van der Waals surface area contributed by atoms with E-state index >= 15 is 19.2 Å². The van der Waals surface area contributed by atoms with Crippen LogP contribution < -0.4 is 68.6 Å². The minimum Gasteiger partial charge on any atom is -0.508 e. The molecule has 0 saturated carbocycles. The summed E-state index contributed by atoms with van der Waals surface area (Å²) in [5.41, 5.74) is 14.8. The number of likely N-dealkylation sites (N-methyl/N-ethyl adjacent to an activating group) is 1. The number of epoxide rings is 2. The largest absolute Gasteiger partial charge is 0.508 e. The second kappa shape index (κ2) is 31.2. The van der Waals surface area contributed by atoms with Gasteiger partial charge in [0.05, 0.1) is 35.7 Å². The highest BCUT2D eigenvalue weighted by Crippen LogP contribution is 2.51. The number of ether oxygens (including phenoxy) is 10. The number of rotatable bonds is 16. The Labute approximate surface area is 635 Å². The van der Waals surface area contributed by atoms with Gasteiger partial charge in [-0.05, 0) is 115 Å². The maximum atomic E-state index is 16.4. The zero-order valence-corrected chi connectivity index (χ0v) is 60.8. The van der Waals surface area contributed by atoms with Crippen molar-refractivity contribution in [2.75, 3.05) is 13.7 Å². The minimum absolute atomic E-state index is 0.0616. The van der Waals surface area contributed by atoms with E-state index in [1.165, 1.54) is 55.6 Å². The molecule has 36 nitrogen and oxygen atoms in total. The van der Waals surface area contributed by atoms with Gasteiger partial charge in [-0.2, -0.15) is 0 Å². The highest BCUT2D eigenvalue weighted by molar-refractivity contribution is 6.32. The summed E-state index contributed by atoms with van der Waals surface area (Å²) in [6.45, 7) is 5.15. The number of phenolic OH excluding ortho intramolecular Hbond substituents is 2. The molecule has 10 aliphatic heterocycles. The number of aliphatic hydroxyl groups excluding tert-OH is 5. The van der Waals surface area contributed by atoms with Crippen LogP contribution in [0.2, 0.25) is 10.0 Å². The van der Waals surface area contributed by atoms with Gasteiger partial charge in [0.25, 0.3) is 0 Å². The lowest BCUT2D eigenvalue weighted by Gasteiger charge is -2.43. The average Bonchev–Trinajstić information content (AvgIpc) is 1.47. The van der Waals surface area contributed by atoms with Crippen molar-refractivity contribution in [3.05, 3.63) is 122 Å². The fourth-order valence-corrected chi connectivity index (χ4v) is 14.8. The van der Waals surface area contributed by atoms with E-state index in [2.05, 4.69) is 37.2 Å². The summed E-state index contributed by atoms with van der Waals surface area (Å²) < 4.78 is 63.2. The van der Waals surface area contributed by atoms with E-state index in [0.29, 0.717) is 0 Å². The first-order chi connectivity index (χ1) is 52.1. The topological polar surface area (TPSA) is 560 Å². The van der Waals surface area contributed by atoms with E-state index in [1.807, 2.05) is 13.8 Å². The number of fused-ring (bicyclic) bond motifs is 17. The van der Waals surface area contributed by atoms with Crippen LogP contribution in [0.25, 0.3) is 11.1 Å². The number of nitrogens with two attached hydrogens (primary N) is 3. The Hall–Kier alpha value is -9.16. The number of primary amides is 1. The van der Waals surface area contributed by atoms with Crippen molar-refractivity contribution in [3.8, 4) is 51.4 Å². The average molecular weight is 1570 g/mol. The van der Waals surface area contributed by atoms with Gasteiger partial charge in [0.1, 0.15) is 95.9 Å². The van der Waals surface area contributed by atoms with E-state index < -0.39 is 246 Å². The number of aliphatic carboxylic acids is 1. The van der Waals surface area contributed by atoms with Crippen LogP contribution in [-0.2, 0) is 78.1 Å². The van der Waals surface area contributed by atoms with Crippen molar-refractivity contribution in [1.29, 1.82) is 0 Å². The molecule has 0 radical (unpaired) electrons. The van der Waals surface area contributed by atoms with E-state index in [0.717, 1.165) is 30.3 Å². The van der Waals surface area contributed by atoms with Crippen molar-refractivity contribution in [2.45, 2.75) is 194 Å². The fourth-order valence-electron chi connectivity index (χ4n) is 14.4. The number of nitrogens with one attached hydrogen (secondary N) is 7. The normalized spacial score (nSPS) is 32.8. The molecule has 590 valence electrons. The molecule has 15 rings (SSSR count). The number of carbonyl (C=O) groups excluding carboxylic acids is 7. The molecule has 5 saturated heterocycles. The summed E-state index contributed by atoms with van der Waals surface area (Å²) in [7, 11) is 1.48. The van der Waals surface area contributed by atoms with E-state index in [1.54, 1.807) is 13.8 Å². The molecule has 38 heteroatoms. The number of aromatic hydroxyl groups is 2. The number of benzene rings is 5. The molecule has 5 fully saturated rings. The Bertz CT molecular complexity index is 4480. The summed E-state index contributed by atoms with van der Waals surface area (Å²) in [5, 5.41) is 109. The van der Waals surface area contributed by atoms with Crippen LogP contribution in [0.4, 0.5) is 0 Å². The van der Waals surface area contributed by atoms with Gasteiger partial charge in [-0.15, -0.1) is 0 Å². The summed E-state index contributed by atoms with van der Waals surface area (Å²) >= 11 is 14.5. The molecular formula is C72H82Cl2N10O26. The zero-order chi connectivity index (χ0) is 79.0. The van der Waals surface area contributed by atoms with Crippen molar-refractivity contribution in [1.82, 2.24) is 37.2 Å². The Morgan fingerprint density at radius 1 is 0.673 bits per heavy atom. The zero-order valence-electron chi connectivity index (χ0n) is 59.3. The molecule has 21 N–H and O–H groups in total. The second-order valence-corrected chi connectivity index (χ2v) is 29.9. The molecule has 0 spiro atoms. The van der Waals surface area contributed by atoms with E-state index in [4.69, 9.17) is 87.8 Å². The van der Waals surface area contributed by atoms with Gasteiger partial charge in [-0.3, -0.25) is 33.6 Å². The molecule has 10 heterocycles. The lowest BCUT2D eigenvalue weighted by atomic mass is 9.87. The molecule has 5 aromatic carbocycles. The maximum absolute atomic E-state index is 16.4. The van der Waals surface area contributed by atoms with Crippen LogP contribution in [0.5, 0.6) is 40.2 Å². The molecule has 5 aromatic rings. The molecular weight excluding hydrogens is 1490 g/mol. The first-order valence-corrected chi connectivity index (χ1v) is 35.8. The number of hydrogen-bond donors (Lipinski definition) is 18. The highest BCUT2D eigenvalue weighted by atomic mass is 35.5. The van der Waals surface area contributed by atoms with Gasteiger partial charge in [-0.25, -0.2) is 4.79 Å². The summed E-state index contributed by atoms with van der Waals surface area (Å²) in [5.74, 6) is -14.8. The van der Waals surface area contributed by atoms with Crippen LogP contribution >= 0.6 is 23.2 Å². The van der Waals surface area contributed by atoms with Gasteiger partial charge in [0.2, 0.25) is 53.4 Å². The fraction of sp³-hybridized carbons (Fsp3) is 0.472. The van der Waals surface area contributed by atoms with Crippen molar-refractivity contribution in [3.63, 3.8) is 0 Å². The van der Waals surface area contributed by atoms with Crippen molar-refractivity contribution < 1.29 is 127 Å². The van der Waals surface area contributed by atoms with Crippen molar-refractivity contribution >= 4 is 70.5 Å². The Kier molecular flexibility index (Phi) is 22.4. The van der Waals surface area contributed by atoms with Crippen LogP contribution in [0.3, 0.4) is 0 Å². The standard InChI is InChI=1S/C72H82Cl2N10O26/c1-25(2)12-36(78-5)61(93)83-51-53(90)27-8-10-39(34(73)14-27)101-41-16-30-17-42(57(41)108-68-58(55(92)54(91)43(24-86)103-68)105-46-22-72(4,77)60-70(107-46)110-60)102-40-11-9-28(15-35(40)74)56(104-45-21-71(3,76)59-69(106-45)109-59)52-66(98)82-50(67(99)100)33-18-31(87)19-38(88)47(33)32-13-26(6-7-29(32)23-85)48(63(95)84-52)81-64(96)49(30)80-62(94)37(20-44(75)89)79-65(51)97/h6-11,13-19,25,36-37,43,45-46,48-56,58-60,68-70,78,85-88,90-92H,12,20-24,76-77H2,1-5H3,(H2,75,89)(H,79,97)(H,80,94)(H,81,96)(H,82,98)(H,83,93)(H,84,95)(H,99,100)/t36-,37+,43?,45-,46-,48-,49-,50+,51-,52+,53-,54-,55?,56-,58?,59+,60+,68+,69+,70?,71?,72?/m1/s1. The third-order valence-electron chi connectivity index (χ3n) is 20.2. The highest BCUT2D eigenvalue weighted by Gasteiger charge is 2.60. The monoisotopic (exact) mass is 1570 g/mol. The first-order valence-electron chi connectivity index (χ1n) is 35.0. The second-order valence-electron chi connectivity index (χ2n) is 29.1. The van der Waals surface area contributed by atoms with Gasteiger partial charge in [0.15, 0.2) is 48.8 Å². The number of phenols is 2. The van der Waals surface area contributed by atoms with E-state index in [9.17, 15) is 60.0 Å². The molecule has 6 unspecified atom stereocenters. The van der Waals surface area contributed by atoms with Crippen LogP contribution in [-0.4, -0.2) is 205 Å². The predicted octanol–water partition coefficient (Wildman–Crippen LogP) is 0.0814. The third kappa shape index (κ3) is 16.2. The quantitative estimate of drug-likeness (QED) is 0.0582. The molecule has 7 amide bonds. The third-order valence-corrected chi connectivity index (χ3v) is 20.8. The lowest BCUT2D eigenvalue weighted by Crippen LogP contribution is -2.62. The predicted molar refractivity (Wildman–Crippen MR) is 376 cm³/mol. The Morgan fingerprint density at radius 2 is 1.26 bits per heavy atom. The first kappa shape index (κ1) is 78.9. The maximum Gasteiger partial charge on any atom is 0.330 e. The number of carboxylic acid groups (broad SMARTS) is 1. The van der Waals surface area contributed by atoms with E-state index in [-0.39, 0.29) is 74.5 Å². The SMILES string of the molecule is CN[C@H](CC(C)C)C(=O)N[C@H]1C(=O)N[C@@H](CC(N)=O)C(=O)N[C@H]2C(=O)N[C@H]3C(=O)N[C@H](C(=O)N[C@H](C(=O)O)c4cc(O)cc(O)c4-c4cc3ccc4CO)[C@H](O[C@H]3CC(C)(N)[C@H]4O[C@@H]4O3)c3ccc(c(Cl)c3)Oc3cc2cc(c3O[C@@H]2OC(CO)[C@@H](O)C(O)C2O[C@H]2CC(C)(N)[C@H]3OC3O2)Oc2ccc(cc2Cl)[C@H]1O. The summed E-state index contributed by atoms with van der Waals surface area (Å²) in [6.07, 6.45) is -20.1. The summed E-state index contributed by atoms with van der Waals surface area (Å²) in [6, 6.07) is 0.756. The minimum atomic E-state index is -2.34. The van der Waals surface area contributed by atoms with Crippen LogP contribution in [0.1, 0.15) is 117 Å². The van der Waals surface area contributed by atoms with Gasteiger partial charge in [-0.1, -0.05) is 61.3 Å². The van der Waals surface area contributed by atoms with Gasteiger partial charge < -0.3 is 143 Å². The number of hydrogen-bond acceptors (Lipinski definition) is 28. The molecule has 0 aliphatic carbocycles. The molecule has 11 bridgehead atoms.